The highest BCUT2D eigenvalue weighted by molar-refractivity contribution is 6.31. The molecule has 0 aliphatic rings. The average Bonchev–Trinajstić information content (AvgIpc) is 2.37. The van der Waals surface area contributed by atoms with Crippen molar-refractivity contribution >= 4 is 23.1 Å². The molecule has 0 fully saturated rings. The molecule has 110 valence electrons. The molecule has 5 nitrogen and oxygen atoms in total. The number of rotatable bonds is 4. The summed E-state index contributed by atoms with van der Waals surface area (Å²) in [7, 11) is 0. The molecule has 21 heavy (non-hydrogen) atoms. The van der Waals surface area contributed by atoms with Crippen LogP contribution in [0.4, 0.5) is 15.9 Å². The third-order valence-corrected chi connectivity index (χ3v) is 3.40. The van der Waals surface area contributed by atoms with Gasteiger partial charge in [0, 0.05) is 10.6 Å². The van der Waals surface area contributed by atoms with Gasteiger partial charge in [0.1, 0.15) is 17.8 Å². The van der Waals surface area contributed by atoms with Gasteiger partial charge in [-0.05, 0) is 37.6 Å². The number of hydrogen-bond acceptors (Lipinski definition) is 4. The Morgan fingerprint density at radius 3 is 2.71 bits per heavy atom. The first-order valence-electron chi connectivity index (χ1n) is 6.21. The third kappa shape index (κ3) is 3.46. The van der Waals surface area contributed by atoms with Gasteiger partial charge in [-0.1, -0.05) is 17.7 Å². The number of benzene rings is 1. The Kier molecular flexibility index (Phi) is 4.37. The number of pyridine rings is 1. The van der Waals surface area contributed by atoms with Gasteiger partial charge in [-0.2, -0.15) is 0 Å². The van der Waals surface area contributed by atoms with Gasteiger partial charge in [-0.15, -0.1) is 0 Å². The summed E-state index contributed by atoms with van der Waals surface area (Å²) < 4.78 is 13.0. The van der Waals surface area contributed by atoms with E-state index in [0.29, 0.717) is 16.4 Å². The van der Waals surface area contributed by atoms with Crippen LogP contribution in [0.25, 0.3) is 0 Å². The maximum atomic E-state index is 13.0. The van der Waals surface area contributed by atoms with E-state index in [2.05, 4.69) is 10.3 Å². The largest absolute Gasteiger partial charge is 0.363 e. The van der Waals surface area contributed by atoms with Crippen LogP contribution < -0.4 is 5.32 Å². The topological polar surface area (TPSA) is 68.1 Å². The summed E-state index contributed by atoms with van der Waals surface area (Å²) in [5.74, 6) is 0.0891. The fourth-order valence-corrected chi connectivity index (χ4v) is 2.30. The van der Waals surface area contributed by atoms with Crippen molar-refractivity contribution in [3.63, 3.8) is 0 Å². The van der Waals surface area contributed by atoms with Crippen LogP contribution in [0.5, 0.6) is 0 Å². The van der Waals surface area contributed by atoms with Crippen LogP contribution in [0, 0.1) is 22.9 Å². The maximum Gasteiger partial charge on any atom is 0.290 e. The molecule has 0 radical (unpaired) electrons. The molecule has 1 unspecified atom stereocenters. The standard InChI is InChI=1S/C14H13ClFN3O2/c1-8-5-14(17-7-13(8)19(20)21)18-9(2)11-4-3-10(16)6-12(11)15/h3-7,9H,1-2H3,(H,17,18). The van der Waals surface area contributed by atoms with E-state index in [1.807, 2.05) is 6.92 Å². The molecule has 1 atom stereocenters. The fourth-order valence-electron chi connectivity index (χ4n) is 1.97. The van der Waals surface area contributed by atoms with Crippen molar-refractivity contribution in [3.8, 4) is 0 Å². The molecule has 0 saturated carbocycles. The Morgan fingerprint density at radius 1 is 1.43 bits per heavy atom. The lowest BCUT2D eigenvalue weighted by Gasteiger charge is -2.16. The van der Waals surface area contributed by atoms with E-state index in [9.17, 15) is 14.5 Å². The smallest absolute Gasteiger partial charge is 0.290 e. The second-order valence-electron chi connectivity index (χ2n) is 4.65. The first-order chi connectivity index (χ1) is 9.88. The van der Waals surface area contributed by atoms with Gasteiger partial charge in [0.25, 0.3) is 5.69 Å². The number of anilines is 1. The molecule has 2 aromatic rings. The fraction of sp³-hybridized carbons (Fsp3) is 0.214. The third-order valence-electron chi connectivity index (χ3n) is 3.07. The number of nitrogens with zero attached hydrogens (tertiary/aromatic N) is 2. The minimum absolute atomic E-state index is 0.0342. The zero-order valence-corrected chi connectivity index (χ0v) is 12.2. The number of hydrogen-bond donors (Lipinski definition) is 1. The van der Waals surface area contributed by atoms with E-state index in [4.69, 9.17) is 11.6 Å². The summed E-state index contributed by atoms with van der Waals surface area (Å²) in [6.07, 6.45) is 1.21. The van der Waals surface area contributed by atoms with Crippen molar-refractivity contribution in [2.75, 3.05) is 5.32 Å². The Morgan fingerprint density at radius 2 is 2.14 bits per heavy atom. The zero-order chi connectivity index (χ0) is 15.6. The van der Waals surface area contributed by atoms with Crippen molar-refractivity contribution < 1.29 is 9.31 Å². The van der Waals surface area contributed by atoms with Gasteiger partial charge in [-0.3, -0.25) is 10.1 Å². The molecule has 7 heteroatoms. The minimum atomic E-state index is -0.480. The summed E-state index contributed by atoms with van der Waals surface area (Å²) in [6, 6.07) is 5.53. The monoisotopic (exact) mass is 309 g/mol. The molecule has 0 amide bonds. The van der Waals surface area contributed by atoms with Gasteiger partial charge >= 0.3 is 0 Å². The molecule has 1 N–H and O–H groups in total. The van der Waals surface area contributed by atoms with Crippen molar-refractivity contribution in [1.82, 2.24) is 4.98 Å². The minimum Gasteiger partial charge on any atom is -0.363 e. The second kappa shape index (κ2) is 6.05. The van der Waals surface area contributed by atoms with Crippen molar-refractivity contribution in [2.45, 2.75) is 19.9 Å². The van der Waals surface area contributed by atoms with E-state index >= 15 is 0 Å². The van der Waals surface area contributed by atoms with Crippen LogP contribution in [0.2, 0.25) is 5.02 Å². The lowest BCUT2D eigenvalue weighted by atomic mass is 10.1. The van der Waals surface area contributed by atoms with Gasteiger partial charge in [0.2, 0.25) is 0 Å². The molecule has 1 heterocycles. The molecule has 0 saturated heterocycles. The van der Waals surface area contributed by atoms with Gasteiger partial charge in [0.15, 0.2) is 0 Å². The Bertz CT molecular complexity index is 694. The van der Waals surface area contributed by atoms with Gasteiger partial charge in [-0.25, -0.2) is 9.37 Å². The van der Waals surface area contributed by atoms with E-state index in [1.54, 1.807) is 19.1 Å². The average molecular weight is 310 g/mol. The first-order valence-corrected chi connectivity index (χ1v) is 6.59. The van der Waals surface area contributed by atoms with Crippen LogP contribution in [0.3, 0.4) is 0 Å². The molecule has 1 aromatic carbocycles. The van der Waals surface area contributed by atoms with Gasteiger partial charge in [0.05, 0.1) is 11.0 Å². The normalized spacial score (nSPS) is 12.0. The molecule has 0 bridgehead atoms. The molecular formula is C14H13ClFN3O2. The van der Waals surface area contributed by atoms with E-state index in [0.717, 1.165) is 5.56 Å². The Labute approximate surface area is 125 Å². The molecular weight excluding hydrogens is 297 g/mol. The van der Waals surface area contributed by atoms with Crippen LogP contribution in [0.1, 0.15) is 24.1 Å². The first kappa shape index (κ1) is 15.2. The summed E-state index contributed by atoms with van der Waals surface area (Å²) in [4.78, 5) is 14.3. The SMILES string of the molecule is Cc1cc(NC(C)c2ccc(F)cc2Cl)ncc1[N+](=O)[O-]. The van der Waals surface area contributed by atoms with Crippen molar-refractivity contribution in [3.05, 3.63) is 62.5 Å². The van der Waals surface area contributed by atoms with E-state index in [1.165, 1.54) is 18.3 Å². The quantitative estimate of drug-likeness (QED) is 0.676. The zero-order valence-electron chi connectivity index (χ0n) is 11.4. The number of aryl methyl sites for hydroxylation is 1. The maximum absolute atomic E-state index is 13.0. The highest BCUT2D eigenvalue weighted by Gasteiger charge is 2.14. The van der Waals surface area contributed by atoms with Crippen LogP contribution in [-0.2, 0) is 0 Å². The van der Waals surface area contributed by atoms with Gasteiger partial charge < -0.3 is 5.32 Å². The van der Waals surface area contributed by atoms with E-state index < -0.39 is 10.7 Å². The predicted octanol–water partition coefficient (Wildman–Crippen LogP) is 4.26. The van der Waals surface area contributed by atoms with Crippen LogP contribution >= 0.6 is 11.6 Å². The summed E-state index contributed by atoms with van der Waals surface area (Å²) in [5, 5.41) is 14.1. The predicted molar refractivity (Wildman–Crippen MR) is 79.1 cm³/mol. The number of nitrogens with one attached hydrogen (secondary N) is 1. The second-order valence-corrected chi connectivity index (χ2v) is 5.05. The van der Waals surface area contributed by atoms with Crippen LogP contribution in [0.15, 0.2) is 30.5 Å². The molecule has 0 aliphatic heterocycles. The highest BCUT2D eigenvalue weighted by atomic mass is 35.5. The number of aromatic nitrogens is 1. The summed E-state index contributed by atoms with van der Waals surface area (Å²) in [5.41, 5.74) is 1.19. The van der Waals surface area contributed by atoms with Crippen LogP contribution in [-0.4, -0.2) is 9.91 Å². The number of nitro groups is 1. The summed E-state index contributed by atoms with van der Waals surface area (Å²) in [6.45, 7) is 3.48. The Balaban J connectivity index is 2.21. The molecule has 0 aliphatic carbocycles. The lowest BCUT2D eigenvalue weighted by Crippen LogP contribution is -2.09. The lowest BCUT2D eigenvalue weighted by molar-refractivity contribution is -0.385. The Hall–Kier alpha value is -2.21. The molecule has 0 spiro atoms. The summed E-state index contributed by atoms with van der Waals surface area (Å²) >= 11 is 6.00. The number of halogens is 2. The highest BCUT2D eigenvalue weighted by Crippen LogP contribution is 2.27. The molecule has 2 rings (SSSR count). The molecule has 1 aromatic heterocycles. The van der Waals surface area contributed by atoms with Crippen molar-refractivity contribution in [2.24, 2.45) is 0 Å². The van der Waals surface area contributed by atoms with Crippen molar-refractivity contribution in [1.29, 1.82) is 0 Å². The van der Waals surface area contributed by atoms with E-state index in [-0.39, 0.29) is 11.7 Å².